The highest BCUT2D eigenvalue weighted by molar-refractivity contribution is 6.30. The molecule has 1 saturated carbocycles. The van der Waals surface area contributed by atoms with Gasteiger partial charge < -0.3 is 9.84 Å². The molecule has 0 saturated heterocycles. The highest BCUT2D eigenvalue weighted by Crippen LogP contribution is 2.44. The number of phenolic OH excluding ortho intramolecular Hbond substituents is 1. The fraction of sp³-hybridized carbons (Fsp3) is 0.318. The third-order valence-electron chi connectivity index (χ3n) is 5.38. The fourth-order valence-electron chi connectivity index (χ4n) is 3.78. The Kier molecular flexibility index (Phi) is 4.30. The first kappa shape index (κ1) is 17.5. The average molecular weight is 364 g/mol. The van der Waals surface area contributed by atoms with Gasteiger partial charge in [-0.2, -0.15) is 0 Å². The van der Waals surface area contributed by atoms with Gasteiger partial charge in [-0.05, 0) is 30.9 Å². The van der Waals surface area contributed by atoms with E-state index in [2.05, 4.69) is 6.92 Å². The minimum atomic E-state index is -0.501. The van der Waals surface area contributed by atoms with Crippen molar-refractivity contribution in [2.75, 3.05) is 0 Å². The largest absolute Gasteiger partial charge is 0.507 e. The maximum absolute atomic E-state index is 13.0. The highest BCUT2D eigenvalue weighted by Gasteiger charge is 2.44. The Hall–Kier alpha value is -2.95. The van der Waals surface area contributed by atoms with Crippen LogP contribution in [-0.2, 0) is 4.79 Å². The summed E-state index contributed by atoms with van der Waals surface area (Å²) in [6.45, 7) is 2.11. The molecule has 2 aliphatic carbocycles. The Balaban J connectivity index is 1.64. The van der Waals surface area contributed by atoms with Crippen LogP contribution in [-0.4, -0.2) is 22.6 Å². The Morgan fingerprint density at radius 2 is 1.78 bits per heavy atom. The predicted molar refractivity (Wildman–Crippen MR) is 98.2 cm³/mol. The molecule has 0 radical (unpaired) electrons. The normalized spacial score (nSPS) is 20.0. The standard InChI is InChI=1S/C22H20O5/c1-2-3-6-12-11-15(12)22(26)27-17-10-5-8-14-19(17)21(25)18-13(20(14)24)7-4-9-16(18)23/h4-5,7-10,12,15,23H,2-3,6,11H2,1H3/t12-,15-/m0/s1. The number of hydrogen-bond donors (Lipinski definition) is 1. The molecule has 0 spiro atoms. The summed E-state index contributed by atoms with van der Waals surface area (Å²) < 4.78 is 5.53. The van der Waals surface area contributed by atoms with Gasteiger partial charge in [0.25, 0.3) is 0 Å². The number of carbonyl (C=O) groups is 3. The minimum absolute atomic E-state index is 0.0363. The second-order valence-electron chi connectivity index (χ2n) is 7.20. The van der Waals surface area contributed by atoms with Crippen molar-refractivity contribution in [3.8, 4) is 11.5 Å². The first-order valence-electron chi connectivity index (χ1n) is 9.29. The van der Waals surface area contributed by atoms with Crippen LogP contribution in [0.3, 0.4) is 0 Å². The summed E-state index contributed by atoms with van der Waals surface area (Å²) in [4.78, 5) is 38.2. The topological polar surface area (TPSA) is 80.7 Å². The van der Waals surface area contributed by atoms with Gasteiger partial charge in [-0.1, -0.05) is 44.0 Å². The number of unbranched alkanes of at least 4 members (excludes halogenated alkanes) is 1. The van der Waals surface area contributed by atoms with Crippen molar-refractivity contribution >= 4 is 17.5 Å². The lowest BCUT2D eigenvalue weighted by atomic mass is 9.83. The van der Waals surface area contributed by atoms with Crippen LogP contribution >= 0.6 is 0 Å². The van der Waals surface area contributed by atoms with Crippen molar-refractivity contribution in [2.45, 2.75) is 32.6 Å². The van der Waals surface area contributed by atoms with Crippen LogP contribution in [0.2, 0.25) is 0 Å². The number of carbonyl (C=O) groups excluding carboxylic acids is 3. The van der Waals surface area contributed by atoms with Crippen molar-refractivity contribution in [1.82, 2.24) is 0 Å². The highest BCUT2D eigenvalue weighted by atomic mass is 16.5. The van der Waals surface area contributed by atoms with Crippen molar-refractivity contribution in [1.29, 1.82) is 0 Å². The summed E-state index contributed by atoms with van der Waals surface area (Å²) in [5.41, 5.74) is 0.376. The molecule has 1 fully saturated rings. The summed E-state index contributed by atoms with van der Waals surface area (Å²) >= 11 is 0. The van der Waals surface area contributed by atoms with Crippen LogP contribution in [0, 0.1) is 11.8 Å². The van der Waals surface area contributed by atoms with E-state index in [-0.39, 0.29) is 51.4 Å². The van der Waals surface area contributed by atoms with Gasteiger partial charge in [0.2, 0.25) is 5.78 Å². The average Bonchev–Trinajstić information content (AvgIpc) is 3.44. The molecule has 2 aliphatic rings. The van der Waals surface area contributed by atoms with Gasteiger partial charge in [-0.15, -0.1) is 0 Å². The number of fused-ring (bicyclic) bond motifs is 2. The van der Waals surface area contributed by atoms with Gasteiger partial charge in [-0.25, -0.2) is 0 Å². The summed E-state index contributed by atoms with van der Waals surface area (Å²) in [7, 11) is 0. The van der Waals surface area contributed by atoms with Crippen LogP contribution in [0.1, 0.15) is 64.4 Å². The van der Waals surface area contributed by atoms with Crippen molar-refractivity contribution in [2.24, 2.45) is 11.8 Å². The molecule has 0 aromatic heterocycles. The Morgan fingerprint density at radius 3 is 2.52 bits per heavy atom. The summed E-state index contributed by atoms with van der Waals surface area (Å²) in [6.07, 6.45) is 3.98. The molecule has 5 heteroatoms. The number of rotatable bonds is 5. The van der Waals surface area contributed by atoms with E-state index in [4.69, 9.17) is 4.74 Å². The van der Waals surface area contributed by atoms with Crippen molar-refractivity contribution in [3.05, 3.63) is 58.7 Å². The molecule has 1 N–H and O–H groups in total. The number of ether oxygens (including phenoxy) is 1. The van der Waals surface area contributed by atoms with E-state index in [9.17, 15) is 19.5 Å². The van der Waals surface area contributed by atoms with Crippen LogP contribution < -0.4 is 4.74 Å². The first-order chi connectivity index (χ1) is 13.0. The zero-order chi connectivity index (χ0) is 19.1. The number of aromatic hydroxyl groups is 1. The quantitative estimate of drug-likeness (QED) is 0.548. The number of esters is 1. The van der Waals surface area contributed by atoms with E-state index >= 15 is 0 Å². The third kappa shape index (κ3) is 2.93. The van der Waals surface area contributed by atoms with E-state index < -0.39 is 5.78 Å². The van der Waals surface area contributed by atoms with Crippen molar-refractivity contribution in [3.63, 3.8) is 0 Å². The molecule has 2 aromatic carbocycles. The molecule has 2 atom stereocenters. The molecular formula is C22H20O5. The Labute approximate surface area is 157 Å². The Bertz CT molecular complexity index is 959. The summed E-state index contributed by atoms with van der Waals surface area (Å²) in [6, 6.07) is 9.07. The SMILES string of the molecule is CCCC[C@H]1C[C@@H]1C(=O)Oc1cccc2c1C(=O)c1c(O)cccc1C2=O. The second kappa shape index (κ2) is 6.65. The third-order valence-corrected chi connectivity index (χ3v) is 5.38. The lowest BCUT2D eigenvalue weighted by molar-refractivity contribution is -0.136. The lowest BCUT2D eigenvalue weighted by Gasteiger charge is -2.20. The number of ketones is 2. The monoisotopic (exact) mass is 364 g/mol. The van der Waals surface area contributed by atoms with Crippen molar-refractivity contribution < 1.29 is 24.2 Å². The molecule has 138 valence electrons. The molecular weight excluding hydrogens is 344 g/mol. The van der Waals surface area contributed by atoms with Crippen LogP contribution in [0.5, 0.6) is 11.5 Å². The molecule has 0 heterocycles. The molecule has 4 rings (SSSR count). The second-order valence-corrected chi connectivity index (χ2v) is 7.20. The van der Waals surface area contributed by atoms with Crippen LogP contribution in [0.15, 0.2) is 36.4 Å². The molecule has 5 nitrogen and oxygen atoms in total. The Morgan fingerprint density at radius 1 is 1.07 bits per heavy atom. The van der Waals surface area contributed by atoms with Gasteiger partial charge in [0.15, 0.2) is 5.78 Å². The fourth-order valence-corrected chi connectivity index (χ4v) is 3.78. The van der Waals surface area contributed by atoms with Crippen LogP contribution in [0.4, 0.5) is 0 Å². The van der Waals surface area contributed by atoms with Gasteiger partial charge in [0, 0.05) is 11.1 Å². The molecule has 0 aliphatic heterocycles. The zero-order valence-electron chi connectivity index (χ0n) is 15.0. The summed E-state index contributed by atoms with van der Waals surface area (Å²) in [5, 5.41) is 10.1. The predicted octanol–water partition coefficient (Wildman–Crippen LogP) is 3.90. The molecule has 0 bridgehead atoms. The van der Waals surface area contributed by atoms with E-state index in [1.165, 1.54) is 24.3 Å². The first-order valence-corrected chi connectivity index (χ1v) is 9.29. The maximum atomic E-state index is 13.0. The lowest BCUT2D eigenvalue weighted by Crippen LogP contribution is -2.23. The van der Waals surface area contributed by atoms with E-state index in [0.29, 0.717) is 5.92 Å². The molecule has 0 unspecified atom stereocenters. The van der Waals surface area contributed by atoms with Gasteiger partial charge in [0.1, 0.15) is 11.5 Å². The van der Waals surface area contributed by atoms with Gasteiger partial charge in [0.05, 0.1) is 17.0 Å². The van der Waals surface area contributed by atoms with Gasteiger partial charge >= 0.3 is 5.97 Å². The van der Waals surface area contributed by atoms with E-state index in [1.807, 2.05) is 0 Å². The summed E-state index contributed by atoms with van der Waals surface area (Å²) in [5.74, 6) is -1.17. The van der Waals surface area contributed by atoms with E-state index in [1.54, 1.807) is 12.1 Å². The van der Waals surface area contributed by atoms with Gasteiger partial charge in [-0.3, -0.25) is 14.4 Å². The van der Waals surface area contributed by atoms with E-state index in [0.717, 1.165) is 25.7 Å². The molecule has 2 aromatic rings. The molecule has 0 amide bonds. The van der Waals surface area contributed by atoms with Crippen LogP contribution in [0.25, 0.3) is 0 Å². The number of benzene rings is 2. The smallest absolute Gasteiger partial charge is 0.314 e. The minimum Gasteiger partial charge on any atom is -0.507 e. The number of phenols is 1. The molecule has 27 heavy (non-hydrogen) atoms. The maximum Gasteiger partial charge on any atom is 0.314 e. The number of hydrogen-bond acceptors (Lipinski definition) is 5. The zero-order valence-corrected chi connectivity index (χ0v) is 15.0.